The number of rotatable bonds is 4. The van der Waals surface area contributed by atoms with E-state index in [1.165, 1.54) is 10.6 Å². The van der Waals surface area contributed by atoms with Crippen molar-refractivity contribution < 1.29 is 4.79 Å². The minimum absolute atomic E-state index is 0.0754. The summed E-state index contributed by atoms with van der Waals surface area (Å²) >= 11 is 0. The highest BCUT2D eigenvalue weighted by Gasteiger charge is 2.13. The molecule has 5 rings (SSSR count). The van der Waals surface area contributed by atoms with Crippen LogP contribution in [-0.4, -0.2) is 35.3 Å². The Morgan fingerprint density at radius 3 is 2.62 bits per heavy atom. The van der Waals surface area contributed by atoms with Gasteiger partial charge in [-0.3, -0.25) is 14.6 Å². The van der Waals surface area contributed by atoms with Crippen molar-refractivity contribution in [1.29, 1.82) is 0 Å². The summed E-state index contributed by atoms with van der Waals surface area (Å²) in [5.74, 6) is 0.138. The Balaban J connectivity index is 1.48. The van der Waals surface area contributed by atoms with Gasteiger partial charge in [-0.05, 0) is 48.5 Å². The van der Waals surface area contributed by atoms with Crippen molar-refractivity contribution in [1.82, 2.24) is 29.4 Å². The number of aryl methyl sites for hydroxylation is 1. The van der Waals surface area contributed by atoms with Crippen molar-refractivity contribution in [2.75, 3.05) is 5.32 Å². The molecule has 1 aromatic carbocycles. The number of benzene rings is 1. The standard InChI is InChI=1S/C23H17N7O2/c1-29-13-3-6-18(23(29)32)22(31)25-17-5-2-4-16(14-17)19-7-8-20-26-27-21(30(20)28-19)15-9-11-24-12-10-15/h2-14H,1H3,(H,25,31). The largest absolute Gasteiger partial charge is 0.322 e. The van der Waals surface area contributed by atoms with Gasteiger partial charge in [0.05, 0.1) is 5.69 Å². The smallest absolute Gasteiger partial charge is 0.263 e. The molecule has 9 heteroatoms. The molecule has 0 spiro atoms. The molecular weight excluding hydrogens is 406 g/mol. The summed E-state index contributed by atoms with van der Waals surface area (Å²) in [6, 6.07) is 17.8. The van der Waals surface area contributed by atoms with Gasteiger partial charge < -0.3 is 9.88 Å². The Morgan fingerprint density at radius 2 is 1.78 bits per heavy atom. The highest BCUT2D eigenvalue weighted by molar-refractivity contribution is 6.04. The third-order valence-electron chi connectivity index (χ3n) is 4.99. The Morgan fingerprint density at radius 1 is 0.938 bits per heavy atom. The van der Waals surface area contributed by atoms with Crippen LogP contribution in [0.1, 0.15) is 10.4 Å². The quantitative estimate of drug-likeness (QED) is 0.476. The van der Waals surface area contributed by atoms with Crippen LogP contribution in [0.3, 0.4) is 0 Å². The van der Waals surface area contributed by atoms with Crippen LogP contribution >= 0.6 is 0 Å². The average molecular weight is 423 g/mol. The number of anilines is 1. The van der Waals surface area contributed by atoms with Crippen molar-refractivity contribution >= 4 is 17.2 Å². The zero-order chi connectivity index (χ0) is 22.1. The third-order valence-corrected chi connectivity index (χ3v) is 4.99. The summed E-state index contributed by atoms with van der Waals surface area (Å²) in [5.41, 5.74) is 3.21. The fraction of sp³-hybridized carbons (Fsp3) is 0.0435. The zero-order valence-corrected chi connectivity index (χ0v) is 17.0. The molecule has 0 saturated heterocycles. The van der Waals surface area contributed by atoms with E-state index in [1.54, 1.807) is 48.4 Å². The number of carbonyl (C=O) groups excluding carboxylic acids is 1. The highest BCUT2D eigenvalue weighted by atomic mass is 16.2. The molecule has 0 radical (unpaired) electrons. The molecule has 0 bridgehead atoms. The first kappa shape index (κ1) is 19.3. The zero-order valence-electron chi connectivity index (χ0n) is 17.0. The van der Waals surface area contributed by atoms with Gasteiger partial charge in [-0.15, -0.1) is 10.2 Å². The molecule has 0 unspecified atom stereocenters. The molecule has 32 heavy (non-hydrogen) atoms. The second-order valence-corrected chi connectivity index (χ2v) is 7.12. The van der Waals surface area contributed by atoms with Gasteiger partial charge in [0.15, 0.2) is 11.5 Å². The van der Waals surface area contributed by atoms with Crippen molar-refractivity contribution in [3.63, 3.8) is 0 Å². The number of nitrogens with one attached hydrogen (secondary N) is 1. The van der Waals surface area contributed by atoms with Gasteiger partial charge in [0.1, 0.15) is 5.56 Å². The van der Waals surface area contributed by atoms with Crippen molar-refractivity contribution in [3.8, 4) is 22.6 Å². The summed E-state index contributed by atoms with van der Waals surface area (Å²) in [5, 5.41) is 15.9. The Hall–Kier alpha value is -4.66. The predicted molar refractivity (Wildman–Crippen MR) is 119 cm³/mol. The maximum atomic E-state index is 12.6. The Labute approximate surface area is 182 Å². The van der Waals surface area contributed by atoms with Crippen LogP contribution < -0.4 is 10.9 Å². The molecule has 0 saturated carbocycles. The molecule has 0 fully saturated rings. The Bertz CT molecular complexity index is 1510. The predicted octanol–water partition coefficient (Wildman–Crippen LogP) is 2.80. The number of carbonyl (C=O) groups is 1. The van der Waals surface area contributed by atoms with Crippen LogP contribution in [0.25, 0.3) is 28.3 Å². The lowest BCUT2D eigenvalue weighted by Crippen LogP contribution is -2.27. The van der Waals surface area contributed by atoms with E-state index in [9.17, 15) is 9.59 Å². The maximum absolute atomic E-state index is 12.6. The maximum Gasteiger partial charge on any atom is 0.263 e. The molecule has 0 atom stereocenters. The van der Waals surface area contributed by atoms with Gasteiger partial charge in [0.2, 0.25) is 0 Å². The molecule has 156 valence electrons. The molecule has 4 heterocycles. The highest BCUT2D eigenvalue weighted by Crippen LogP contribution is 2.23. The van der Waals surface area contributed by atoms with E-state index in [-0.39, 0.29) is 11.1 Å². The van der Waals surface area contributed by atoms with Gasteiger partial charge >= 0.3 is 0 Å². The van der Waals surface area contributed by atoms with Crippen molar-refractivity contribution in [2.45, 2.75) is 0 Å². The van der Waals surface area contributed by atoms with E-state index < -0.39 is 5.91 Å². The fourth-order valence-electron chi connectivity index (χ4n) is 3.35. The SMILES string of the molecule is Cn1cccc(C(=O)Nc2cccc(-c3ccc4nnc(-c5ccncc5)n4n3)c2)c1=O. The van der Waals surface area contributed by atoms with Crippen LogP contribution in [0.15, 0.2) is 84.0 Å². The van der Waals surface area contributed by atoms with Crippen molar-refractivity contribution in [3.05, 3.63) is 95.2 Å². The molecule has 1 amide bonds. The van der Waals surface area contributed by atoms with Gasteiger partial charge in [0, 0.05) is 42.5 Å². The van der Waals surface area contributed by atoms with Gasteiger partial charge in [-0.2, -0.15) is 9.61 Å². The number of nitrogens with zero attached hydrogens (tertiary/aromatic N) is 6. The summed E-state index contributed by atoms with van der Waals surface area (Å²) in [6.07, 6.45) is 4.98. The number of hydrogen-bond donors (Lipinski definition) is 1. The normalized spacial score (nSPS) is 10.9. The van der Waals surface area contributed by atoms with E-state index in [0.717, 1.165) is 11.1 Å². The third kappa shape index (κ3) is 3.52. The van der Waals surface area contributed by atoms with Crippen molar-refractivity contribution in [2.24, 2.45) is 7.05 Å². The van der Waals surface area contributed by atoms with E-state index >= 15 is 0 Å². The van der Waals surface area contributed by atoms with Crippen LogP contribution in [0.5, 0.6) is 0 Å². The number of hydrogen-bond acceptors (Lipinski definition) is 6. The van der Waals surface area contributed by atoms with Crippen LogP contribution in [0, 0.1) is 0 Å². The van der Waals surface area contributed by atoms with Gasteiger partial charge in [0.25, 0.3) is 11.5 Å². The molecular formula is C23H17N7O2. The minimum atomic E-state index is -0.467. The lowest BCUT2D eigenvalue weighted by molar-refractivity contribution is 0.102. The molecule has 1 N–H and O–H groups in total. The molecule has 0 aliphatic carbocycles. The second-order valence-electron chi connectivity index (χ2n) is 7.12. The molecule has 9 nitrogen and oxygen atoms in total. The van der Waals surface area contributed by atoms with Crippen LogP contribution in [0.4, 0.5) is 5.69 Å². The first-order chi connectivity index (χ1) is 15.6. The molecule has 5 aromatic rings. The topological polar surface area (TPSA) is 107 Å². The monoisotopic (exact) mass is 423 g/mol. The number of fused-ring (bicyclic) bond motifs is 1. The van der Waals surface area contributed by atoms with Gasteiger partial charge in [-0.1, -0.05) is 12.1 Å². The van der Waals surface area contributed by atoms with E-state index in [2.05, 4.69) is 20.5 Å². The van der Waals surface area contributed by atoms with Gasteiger partial charge in [-0.25, -0.2) is 0 Å². The van der Waals surface area contributed by atoms with E-state index in [1.807, 2.05) is 36.4 Å². The Kier molecular flexibility index (Phi) is 4.75. The van der Waals surface area contributed by atoms with E-state index in [4.69, 9.17) is 5.10 Å². The summed E-state index contributed by atoms with van der Waals surface area (Å²) in [6.45, 7) is 0. The summed E-state index contributed by atoms with van der Waals surface area (Å²) in [4.78, 5) is 28.9. The lowest BCUT2D eigenvalue weighted by atomic mass is 10.1. The lowest BCUT2D eigenvalue weighted by Gasteiger charge is -2.08. The first-order valence-electron chi connectivity index (χ1n) is 9.80. The molecule has 4 aromatic heterocycles. The number of amides is 1. The summed E-state index contributed by atoms with van der Waals surface area (Å²) in [7, 11) is 1.60. The molecule has 0 aliphatic heterocycles. The number of pyridine rings is 2. The average Bonchev–Trinajstić information content (AvgIpc) is 3.25. The molecule has 0 aliphatic rings. The minimum Gasteiger partial charge on any atom is -0.322 e. The number of aromatic nitrogens is 6. The van der Waals surface area contributed by atoms with Crippen LogP contribution in [-0.2, 0) is 7.05 Å². The second kappa shape index (κ2) is 7.88. The first-order valence-corrected chi connectivity index (χ1v) is 9.80. The summed E-state index contributed by atoms with van der Waals surface area (Å²) < 4.78 is 3.04. The fourth-order valence-corrected chi connectivity index (χ4v) is 3.35. The van der Waals surface area contributed by atoms with E-state index in [0.29, 0.717) is 22.9 Å². The van der Waals surface area contributed by atoms with Crippen LogP contribution in [0.2, 0.25) is 0 Å².